The SMILES string of the molecule is O=C(CN1CCN(Cc2nc3ccccc3s2)CC1)N(C1CCCCC1)[C@H]1CCS(=O)(=O)C1. The van der Waals surface area contributed by atoms with Gasteiger partial charge in [-0.3, -0.25) is 14.6 Å². The number of benzene rings is 1. The first kappa shape index (κ1) is 23.2. The summed E-state index contributed by atoms with van der Waals surface area (Å²) >= 11 is 1.76. The van der Waals surface area contributed by atoms with E-state index in [0.29, 0.717) is 13.0 Å². The van der Waals surface area contributed by atoms with Gasteiger partial charge in [0.2, 0.25) is 5.91 Å². The Morgan fingerprint density at radius 2 is 1.73 bits per heavy atom. The fourth-order valence-corrected chi connectivity index (χ4v) is 8.34. The lowest BCUT2D eigenvalue weighted by Gasteiger charge is -2.40. The summed E-state index contributed by atoms with van der Waals surface area (Å²) in [5, 5.41) is 1.15. The number of para-hydroxylation sites is 1. The highest BCUT2D eigenvalue weighted by Gasteiger charge is 2.39. The first-order chi connectivity index (χ1) is 16.0. The number of amides is 1. The van der Waals surface area contributed by atoms with Gasteiger partial charge in [0.15, 0.2) is 9.84 Å². The number of hydrogen-bond donors (Lipinski definition) is 0. The second-order valence-electron chi connectivity index (χ2n) is 9.78. The molecule has 180 valence electrons. The molecule has 1 saturated carbocycles. The fourth-order valence-electron chi connectivity index (χ4n) is 5.62. The molecule has 3 heterocycles. The summed E-state index contributed by atoms with van der Waals surface area (Å²) in [4.78, 5) is 24.9. The summed E-state index contributed by atoms with van der Waals surface area (Å²) in [6, 6.07) is 8.34. The maximum Gasteiger partial charge on any atom is 0.237 e. The van der Waals surface area contributed by atoms with Gasteiger partial charge in [-0.1, -0.05) is 31.4 Å². The van der Waals surface area contributed by atoms with Crippen molar-refractivity contribution in [2.75, 3.05) is 44.2 Å². The zero-order valence-electron chi connectivity index (χ0n) is 19.2. The van der Waals surface area contributed by atoms with E-state index in [2.05, 4.69) is 28.0 Å². The molecule has 3 fully saturated rings. The summed E-state index contributed by atoms with van der Waals surface area (Å²) in [6.07, 6.45) is 6.12. The standard InChI is InChI=1S/C24H34N4O3S2/c29-24(28(19-6-2-1-3-7-19)20-10-15-33(30,31)18-20)17-27-13-11-26(12-14-27)16-23-25-21-8-4-5-9-22(21)32-23/h4-5,8-9,19-20H,1-3,6-7,10-18H2/t20-/m0/s1. The van der Waals surface area contributed by atoms with Gasteiger partial charge in [0, 0.05) is 38.3 Å². The highest BCUT2D eigenvalue weighted by Crippen LogP contribution is 2.29. The van der Waals surface area contributed by atoms with Gasteiger partial charge in [-0.25, -0.2) is 13.4 Å². The molecule has 1 aromatic carbocycles. The molecule has 5 rings (SSSR count). The van der Waals surface area contributed by atoms with Crippen LogP contribution in [0.15, 0.2) is 24.3 Å². The smallest absolute Gasteiger partial charge is 0.237 e. The molecule has 0 N–H and O–H groups in total. The summed E-state index contributed by atoms with van der Waals surface area (Å²) in [6.45, 7) is 4.82. The van der Waals surface area contributed by atoms with Crippen molar-refractivity contribution in [1.29, 1.82) is 0 Å². The molecule has 0 spiro atoms. The number of piperazine rings is 1. The molecule has 1 aliphatic carbocycles. The highest BCUT2D eigenvalue weighted by atomic mass is 32.2. The predicted octanol–water partition coefficient (Wildman–Crippen LogP) is 2.76. The van der Waals surface area contributed by atoms with Gasteiger partial charge in [-0.15, -0.1) is 11.3 Å². The molecule has 2 aliphatic heterocycles. The van der Waals surface area contributed by atoms with Gasteiger partial charge in [-0.2, -0.15) is 0 Å². The molecule has 0 bridgehead atoms. The molecular weight excluding hydrogens is 456 g/mol. The number of thiazole rings is 1. The highest BCUT2D eigenvalue weighted by molar-refractivity contribution is 7.91. The van der Waals surface area contributed by atoms with E-state index in [1.807, 2.05) is 11.0 Å². The Balaban J connectivity index is 1.17. The van der Waals surface area contributed by atoms with Crippen molar-refractivity contribution in [3.8, 4) is 0 Å². The molecule has 3 aliphatic rings. The van der Waals surface area contributed by atoms with Crippen LogP contribution in [0.3, 0.4) is 0 Å². The topological polar surface area (TPSA) is 73.8 Å². The van der Waals surface area contributed by atoms with Crippen LogP contribution >= 0.6 is 11.3 Å². The van der Waals surface area contributed by atoms with Crippen LogP contribution in [0.25, 0.3) is 10.2 Å². The number of sulfone groups is 1. The largest absolute Gasteiger partial charge is 0.335 e. The number of fused-ring (bicyclic) bond motifs is 1. The van der Waals surface area contributed by atoms with Crippen LogP contribution in [0, 0.1) is 0 Å². The van der Waals surface area contributed by atoms with Crippen molar-refractivity contribution >= 4 is 37.3 Å². The first-order valence-electron chi connectivity index (χ1n) is 12.3. The molecule has 2 saturated heterocycles. The van der Waals surface area contributed by atoms with Crippen molar-refractivity contribution in [3.63, 3.8) is 0 Å². The number of carbonyl (C=O) groups is 1. The third-order valence-corrected chi connectivity index (χ3v) is 10.2. The van der Waals surface area contributed by atoms with Crippen LogP contribution in [0.5, 0.6) is 0 Å². The third-order valence-electron chi connectivity index (χ3n) is 7.38. The van der Waals surface area contributed by atoms with Gasteiger partial charge in [0.1, 0.15) is 5.01 Å². The quantitative estimate of drug-likeness (QED) is 0.620. The number of rotatable bonds is 6. The monoisotopic (exact) mass is 490 g/mol. The molecule has 1 aromatic heterocycles. The lowest BCUT2D eigenvalue weighted by atomic mass is 9.92. The minimum Gasteiger partial charge on any atom is -0.335 e. The fraction of sp³-hybridized carbons (Fsp3) is 0.667. The Kier molecular flexibility index (Phi) is 7.02. The summed E-state index contributed by atoms with van der Waals surface area (Å²) < 4.78 is 25.5. The summed E-state index contributed by atoms with van der Waals surface area (Å²) in [5.41, 5.74) is 1.07. The summed E-state index contributed by atoms with van der Waals surface area (Å²) in [7, 11) is -3.01. The van der Waals surface area contributed by atoms with Crippen molar-refractivity contribution in [2.24, 2.45) is 0 Å². The average Bonchev–Trinajstić information content (AvgIpc) is 3.38. The molecule has 0 radical (unpaired) electrons. The van der Waals surface area contributed by atoms with Crippen LogP contribution in [0.2, 0.25) is 0 Å². The molecule has 33 heavy (non-hydrogen) atoms. The Morgan fingerprint density at radius 1 is 1.00 bits per heavy atom. The van der Waals surface area contributed by atoms with E-state index in [-0.39, 0.29) is 29.5 Å². The third kappa shape index (κ3) is 5.58. The van der Waals surface area contributed by atoms with Gasteiger partial charge in [-0.05, 0) is 31.4 Å². The van der Waals surface area contributed by atoms with Crippen LogP contribution in [0.4, 0.5) is 0 Å². The summed E-state index contributed by atoms with van der Waals surface area (Å²) in [5.74, 6) is 0.493. The molecule has 1 amide bonds. The van der Waals surface area contributed by atoms with Crippen molar-refractivity contribution in [1.82, 2.24) is 19.7 Å². The van der Waals surface area contributed by atoms with E-state index >= 15 is 0 Å². The maximum atomic E-state index is 13.4. The second kappa shape index (κ2) is 9.98. The first-order valence-corrected chi connectivity index (χ1v) is 14.9. The predicted molar refractivity (Wildman–Crippen MR) is 132 cm³/mol. The van der Waals surface area contributed by atoms with Gasteiger partial charge in [0.25, 0.3) is 0 Å². The number of carbonyl (C=O) groups excluding carboxylic acids is 1. The van der Waals surface area contributed by atoms with Crippen LogP contribution in [0.1, 0.15) is 43.5 Å². The van der Waals surface area contributed by atoms with E-state index in [9.17, 15) is 13.2 Å². The number of aromatic nitrogens is 1. The van der Waals surface area contributed by atoms with Gasteiger partial charge >= 0.3 is 0 Å². The second-order valence-corrected chi connectivity index (χ2v) is 13.1. The van der Waals surface area contributed by atoms with Crippen molar-refractivity contribution in [3.05, 3.63) is 29.3 Å². The van der Waals surface area contributed by atoms with Crippen LogP contribution in [-0.2, 0) is 21.2 Å². The van der Waals surface area contributed by atoms with E-state index in [1.165, 1.54) is 11.1 Å². The van der Waals surface area contributed by atoms with E-state index in [4.69, 9.17) is 4.98 Å². The molecule has 0 unspecified atom stereocenters. The number of hydrogen-bond acceptors (Lipinski definition) is 7. The van der Waals surface area contributed by atoms with Crippen LogP contribution < -0.4 is 0 Å². The van der Waals surface area contributed by atoms with Crippen molar-refractivity contribution in [2.45, 2.75) is 57.2 Å². The molecule has 2 aromatic rings. The van der Waals surface area contributed by atoms with Gasteiger partial charge in [0.05, 0.1) is 34.8 Å². The number of nitrogens with zero attached hydrogens (tertiary/aromatic N) is 4. The molecule has 7 nitrogen and oxygen atoms in total. The minimum absolute atomic E-state index is 0.128. The zero-order valence-corrected chi connectivity index (χ0v) is 20.8. The zero-order chi connectivity index (χ0) is 22.8. The van der Waals surface area contributed by atoms with Crippen molar-refractivity contribution < 1.29 is 13.2 Å². The Bertz CT molecular complexity index is 1040. The maximum absolute atomic E-state index is 13.4. The normalized spacial score (nSPS) is 24.9. The van der Waals surface area contributed by atoms with Gasteiger partial charge < -0.3 is 4.90 Å². The van der Waals surface area contributed by atoms with E-state index in [1.54, 1.807) is 11.3 Å². The average molecular weight is 491 g/mol. The Hall–Kier alpha value is -1.55. The van der Waals surface area contributed by atoms with E-state index in [0.717, 1.165) is 68.9 Å². The molecule has 1 atom stereocenters. The Morgan fingerprint density at radius 3 is 2.42 bits per heavy atom. The molecule has 9 heteroatoms. The van der Waals surface area contributed by atoms with E-state index < -0.39 is 9.84 Å². The Labute approximate surface area is 200 Å². The molecular formula is C24H34N4O3S2. The lowest BCUT2D eigenvalue weighted by Crippen LogP contribution is -2.54. The minimum atomic E-state index is -3.01. The lowest BCUT2D eigenvalue weighted by molar-refractivity contribution is -0.138. The van der Waals surface area contributed by atoms with Crippen LogP contribution in [-0.4, -0.2) is 90.3 Å².